The van der Waals surface area contributed by atoms with Gasteiger partial charge in [0.25, 0.3) is 0 Å². The normalized spacial score (nSPS) is 44.5. The highest BCUT2D eigenvalue weighted by molar-refractivity contribution is 4.96. The fraction of sp³-hybridized carbons (Fsp3) is 1.00. The molecule has 3 fully saturated rings. The molecule has 1 nitrogen and oxygen atoms in total. The van der Waals surface area contributed by atoms with Crippen molar-refractivity contribution in [3.05, 3.63) is 0 Å². The van der Waals surface area contributed by atoms with Crippen molar-refractivity contribution in [1.29, 1.82) is 0 Å². The van der Waals surface area contributed by atoms with E-state index in [0.717, 1.165) is 11.8 Å². The summed E-state index contributed by atoms with van der Waals surface area (Å²) in [7, 11) is 0. The Labute approximate surface area is 107 Å². The van der Waals surface area contributed by atoms with Crippen LogP contribution in [0.5, 0.6) is 0 Å². The molecule has 0 aromatic heterocycles. The van der Waals surface area contributed by atoms with Gasteiger partial charge in [-0.05, 0) is 56.8 Å². The molecule has 3 rings (SSSR count). The Balaban J connectivity index is 1.46. The van der Waals surface area contributed by atoms with Gasteiger partial charge in [-0.25, -0.2) is 0 Å². The van der Waals surface area contributed by atoms with Crippen molar-refractivity contribution in [3.63, 3.8) is 0 Å². The lowest BCUT2D eigenvalue weighted by molar-refractivity contribution is -0.182. The van der Waals surface area contributed by atoms with E-state index in [4.69, 9.17) is 0 Å². The van der Waals surface area contributed by atoms with E-state index < -0.39 is 12.1 Å². The fourth-order valence-electron chi connectivity index (χ4n) is 4.34. The van der Waals surface area contributed by atoms with Crippen molar-refractivity contribution in [2.75, 3.05) is 0 Å². The largest absolute Gasteiger partial charge is 0.391 e. The Morgan fingerprint density at radius 1 is 0.833 bits per heavy atom. The number of rotatable bonds is 2. The van der Waals surface area contributed by atoms with Crippen molar-refractivity contribution >= 4 is 0 Å². The van der Waals surface area contributed by atoms with Gasteiger partial charge in [0, 0.05) is 12.1 Å². The van der Waals surface area contributed by atoms with Crippen LogP contribution in [0.4, 0.5) is 13.2 Å². The van der Waals surface area contributed by atoms with Gasteiger partial charge in [0.2, 0.25) is 0 Å². The van der Waals surface area contributed by atoms with E-state index in [1.807, 2.05) is 0 Å². The number of hydrogen-bond donors (Lipinski definition) is 1. The summed E-state index contributed by atoms with van der Waals surface area (Å²) in [5.41, 5.74) is 0. The third-order valence-corrected chi connectivity index (χ3v) is 5.38. The topological polar surface area (TPSA) is 12.0 Å². The minimum Gasteiger partial charge on any atom is -0.311 e. The monoisotopic (exact) mass is 261 g/mol. The summed E-state index contributed by atoms with van der Waals surface area (Å²) in [5.74, 6) is 0.671. The van der Waals surface area contributed by atoms with Crippen molar-refractivity contribution in [1.82, 2.24) is 5.32 Å². The maximum absolute atomic E-state index is 12.6. The Kier molecular flexibility index (Phi) is 3.33. The first-order chi connectivity index (χ1) is 8.52. The van der Waals surface area contributed by atoms with E-state index in [0.29, 0.717) is 37.8 Å². The molecule has 0 aromatic carbocycles. The lowest BCUT2D eigenvalue weighted by Gasteiger charge is -2.34. The maximum atomic E-state index is 12.6. The third-order valence-electron chi connectivity index (χ3n) is 5.38. The van der Waals surface area contributed by atoms with Crippen molar-refractivity contribution < 1.29 is 13.2 Å². The predicted molar refractivity (Wildman–Crippen MR) is 64.2 cm³/mol. The summed E-state index contributed by atoms with van der Waals surface area (Å²) in [6.45, 7) is 0. The standard InChI is InChI=1S/C14H22F3N/c15-14(16,17)11-3-5-12(6-4-11)18-13-8-9-1-2-10(13)7-9/h9-13,18H,1-8H2. The molecule has 18 heavy (non-hydrogen) atoms. The minimum absolute atomic E-state index is 0.321. The van der Waals surface area contributed by atoms with Gasteiger partial charge in [-0.1, -0.05) is 6.42 Å². The second-order valence-electron chi connectivity index (χ2n) is 6.54. The lowest BCUT2D eigenvalue weighted by Crippen LogP contribution is -2.44. The van der Waals surface area contributed by atoms with Gasteiger partial charge in [-0.3, -0.25) is 0 Å². The predicted octanol–water partition coefficient (Wildman–Crippen LogP) is 3.89. The van der Waals surface area contributed by atoms with Crippen LogP contribution in [-0.4, -0.2) is 18.3 Å². The lowest BCUT2D eigenvalue weighted by atomic mass is 9.84. The van der Waals surface area contributed by atoms with Crippen LogP contribution in [0.2, 0.25) is 0 Å². The van der Waals surface area contributed by atoms with Crippen LogP contribution >= 0.6 is 0 Å². The molecule has 3 aliphatic rings. The number of hydrogen-bond acceptors (Lipinski definition) is 1. The molecule has 0 radical (unpaired) electrons. The van der Waals surface area contributed by atoms with Crippen molar-refractivity contribution in [2.24, 2.45) is 17.8 Å². The molecule has 3 atom stereocenters. The van der Waals surface area contributed by atoms with E-state index in [1.165, 1.54) is 25.7 Å². The summed E-state index contributed by atoms with van der Waals surface area (Å²) < 4.78 is 37.7. The van der Waals surface area contributed by atoms with E-state index >= 15 is 0 Å². The number of fused-ring (bicyclic) bond motifs is 2. The SMILES string of the molecule is FC(F)(F)C1CCC(NC2CC3CCC2C3)CC1. The van der Waals surface area contributed by atoms with Crippen LogP contribution < -0.4 is 5.32 Å². The smallest absolute Gasteiger partial charge is 0.311 e. The average Bonchev–Trinajstić information content (AvgIpc) is 2.90. The molecule has 104 valence electrons. The quantitative estimate of drug-likeness (QED) is 0.795. The van der Waals surface area contributed by atoms with Gasteiger partial charge in [0.05, 0.1) is 5.92 Å². The number of halogens is 3. The van der Waals surface area contributed by atoms with E-state index in [9.17, 15) is 13.2 Å². The third kappa shape index (κ3) is 2.54. The summed E-state index contributed by atoms with van der Waals surface area (Å²) >= 11 is 0. The molecular formula is C14H22F3N. The highest BCUT2D eigenvalue weighted by Gasteiger charge is 2.43. The Morgan fingerprint density at radius 2 is 1.56 bits per heavy atom. The van der Waals surface area contributed by atoms with Crippen molar-refractivity contribution in [2.45, 2.75) is 69.6 Å². The maximum Gasteiger partial charge on any atom is 0.391 e. The molecule has 3 unspecified atom stereocenters. The second-order valence-corrected chi connectivity index (χ2v) is 6.54. The summed E-state index contributed by atoms with van der Waals surface area (Å²) in [5, 5.41) is 3.65. The van der Waals surface area contributed by atoms with Gasteiger partial charge in [0.1, 0.15) is 0 Å². The molecule has 0 aliphatic heterocycles. The first-order valence-corrected chi connectivity index (χ1v) is 7.35. The molecule has 3 aliphatic carbocycles. The van der Waals surface area contributed by atoms with E-state index in [-0.39, 0.29) is 0 Å². The Hall–Kier alpha value is -0.250. The molecule has 2 bridgehead atoms. The summed E-state index contributed by atoms with van der Waals surface area (Å²) in [6, 6.07) is 0.948. The zero-order chi connectivity index (χ0) is 12.8. The molecule has 0 heterocycles. The second kappa shape index (κ2) is 4.69. The highest BCUT2D eigenvalue weighted by Crippen LogP contribution is 2.45. The average molecular weight is 261 g/mol. The zero-order valence-electron chi connectivity index (χ0n) is 10.7. The van der Waals surface area contributed by atoms with Crippen LogP contribution in [0, 0.1) is 17.8 Å². The van der Waals surface area contributed by atoms with Gasteiger partial charge in [-0.2, -0.15) is 13.2 Å². The fourth-order valence-corrected chi connectivity index (χ4v) is 4.34. The molecule has 1 N–H and O–H groups in total. The molecule has 0 amide bonds. The van der Waals surface area contributed by atoms with Gasteiger partial charge in [0.15, 0.2) is 0 Å². The zero-order valence-corrected chi connectivity index (χ0v) is 10.7. The number of alkyl halides is 3. The molecular weight excluding hydrogens is 239 g/mol. The molecule has 0 saturated heterocycles. The summed E-state index contributed by atoms with van der Waals surface area (Å²) in [4.78, 5) is 0. The molecule has 3 saturated carbocycles. The van der Waals surface area contributed by atoms with Crippen LogP contribution in [-0.2, 0) is 0 Å². The Bertz CT molecular complexity index is 294. The molecule has 0 aromatic rings. The minimum atomic E-state index is -3.97. The first-order valence-electron chi connectivity index (χ1n) is 7.35. The van der Waals surface area contributed by atoms with Crippen LogP contribution in [0.25, 0.3) is 0 Å². The highest BCUT2D eigenvalue weighted by atomic mass is 19.4. The first kappa shape index (κ1) is 12.8. The molecule has 4 heteroatoms. The summed E-state index contributed by atoms with van der Waals surface area (Å²) in [6.07, 6.45) is 3.42. The van der Waals surface area contributed by atoms with Crippen LogP contribution in [0.15, 0.2) is 0 Å². The van der Waals surface area contributed by atoms with Gasteiger partial charge in [-0.15, -0.1) is 0 Å². The van der Waals surface area contributed by atoms with Gasteiger partial charge < -0.3 is 5.32 Å². The van der Waals surface area contributed by atoms with E-state index in [1.54, 1.807) is 0 Å². The van der Waals surface area contributed by atoms with Crippen molar-refractivity contribution in [3.8, 4) is 0 Å². The molecule has 0 spiro atoms. The van der Waals surface area contributed by atoms with E-state index in [2.05, 4.69) is 5.32 Å². The Morgan fingerprint density at radius 3 is 2.06 bits per heavy atom. The number of nitrogens with one attached hydrogen (secondary N) is 1. The van der Waals surface area contributed by atoms with Crippen LogP contribution in [0.1, 0.15) is 51.4 Å². The van der Waals surface area contributed by atoms with Crippen LogP contribution in [0.3, 0.4) is 0 Å². The van der Waals surface area contributed by atoms with Gasteiger partial charge >= 0.3 is 6.18 Å².